The van der Waals surface area contributed by atoms with Gasteiger partial charge < -0.3 is 14.8 Å². The molecule has 21 heavy (non-hydrogen) atoms. The van der Waals surface area contributed by atoms with Gasteiger partial charge in [0.05, 0.1) is 6.61 Å². The molecule has 120 valence electrons. The van der Waals surface area contributed by atoms with E-state index in [1.54, 1.807) is 7.11 Å². The number of aryl methyl sites for hydroxylation is 1. The van der Waals surface area contributed by atoms with Crippen molar-refractivity contribution < 1.29 is 9.47 Å². The van der Waals surface area contributed by atoms with Gasteiger partial charge in [-0.05, 0) is 49.1 Å². The molecule has 1 N–H and O–H groups in total. The number of benzene rings is 1. The number of hydrogen-bond donors (Lipinski definition) is 1. The first-order valence-electron chi connectivity index (χ1n) is 7.65. The van der Waals surface area contributed by atoms with E-state index in [1.165, 1.54) is 0 Å². The molecule has 0 aromatic heterocycles. The van der Waals surface area contributed by atoms with Gasteiger partial charge in [-0.25, -0.2) is 0 Å². The summed E-state index contributed by atoms with van der Waals surface area (Å²) in [5, 5.41) is 4.19. The Bertz CT molecular complexity index is 435. The lowest BCUT2D eigenvalue weighted by Crippen LogP contribution is -2.35. The zero-order chi connectivity index (χ0) is 15.8. The third-order valence-electron chi connectivity index (χ3n) is 3.36. The van der Waals surface area contributed by atoms with E-state index in [9.17, 15) is 0 Å². The van der Waals surface area contributed by atoms with Gasteiger partial charge in [-0.15, -0.1) is 0 Å². The van der Waals surface area contributed by atoms with Crippen LogP contribution in [0.1, 0.15) is 44.2 Å². The molecule has 1 unspecified atom stereocenters. The predicted molar refractivity (Wildman–Crippen MR) is 89.7 cm³/mol. The van der Waals surface area contributed by atoms with Crippen molar-refractivity contribution in [1.29, 1.82) is 0 Å². The van der Waals surface area contributed by atoms with E-state index in [1.807, 2.05) is 13.0 Å². The molecular weight excluding hydrogens is 286 g/mol. The number of nitrogens with one attached hydrogen (secondary N) is 1. The Kier molecular flexibility index (Phi) is 8.09. The Labute approximate surface area is 134 Å². The van der Waals surface area contributed by atoms with Crippen LogP contribution in [-0.2, 0) is 4.74 Å². The van der Waals surface area contributed by atoms with E-state index >= 15 is 0 Å². The van der Waals surface area contributed by atoms with Crippen molar-refractivity contribution in [3.63, 3.8) is 0 Å². The van der Waals surface area contributed by atoms with E-state index < -0.39 is 0 Å². The Morgan fingerprint density at radius 1 is 1.29 bits per heavy atom. The summed E-state index contributed by atoms with van der Waals surface area (Å²) < 4.78 is 11.4. The molecule has 0 aliphatic carbocycles. The summed E-state index contributed by atoms with van der Waals surface area (Å²) in [6.45, 7) is 10.8. The van der Waals surface area contributed by atoms with E-state index in [-0.39, 0.29) is 6.10 Å². The number of rotatable bonds is 9. The van der Waals surface area contributed by atoms with Crippen LogP contribution in [0.5, 0.6) is 5.75 Å². The lowest BCUT2D eigenvalue weighted by atomic mass is 10.0. The van der Waals surface area contributed by atoms with E-state index in [2.05, 4.69) is 32.2 Å². The molecule has 0 heterocycles. The molecule has 1 aromatic carbocycles. The van der Waals surface area contributed by atoms with Crippen LogP contribution in [-0.4, -0.2) is 32.9 Å². The summed E-state index contributed by atoms with van der Waals surface area (Å²) in [5.41, 5.74) is 2.18. The predicted octanol–water partition coefficient (Wildman–Crippen LogP) is 4.17. The second-order valence-electron chi connectivity index (χ2n) is 5.69. The molecule has 1 rings (SSSR count). The highest BCUT2D eigenvalue weighted by molar-refractivity contribution is 6.31. The monoisotopic (exact) mass is 313 g/mol. The van der Waals surface area contributed by atoms with Gasteiger partial charge in [0, 0.05) is 18.7 Å². The summed E-state index contributed by atoms with van der Waals surface area (Å²) in [4.78, 5) is 0. The first-order chi connectivity index (χ1) is 9.99. The zero-order valence-corrected chi connectivity index (χ0v) is 14.6. The maximum Gasteiger partial charge on any atom is 0.134 e. The molecule has 0 aliphatic heterocycles. The molecule has 4 heteroatoms. The molecule has 3 nitrogen and oxygen atoms in total. The number of hydrogen-bond acceptors (Lipinski definition) is 3. The van der Waals surface area contributed by atoms with Crippen LogP contribution < -0.4 is 10.1 Å². The largest absolute Gasteiger partial charge is 0.486 e. The average molecular weight is 314 g/mol. The highest BCUT2D eigenvalue weighted by Gasteiger charge is 2.15. The Morgan fingerprint density at radius 3 is 2.57 bits per heavy atom. The average Bonchev–Trinajstić information content (AvgIpc) is 2.41. The Morgan fingerprint density at radius 2 is 2.00 bits per heavy atom. The summed E-state index contributed by atoms with van der Waals surface area (Å²) in [5.74, 6) is 1.27. The fourth-order valence-corrected chi connectivity index (χ4v) is 2.61. The summed E-state index contributed by atoms with van der Waals surface area (Å²) in [7, 11) is 1.70. The van der Waals surface area contributed by atoms with Crippen LogP contribution >= 0.6 is 11.6 Å². The van der Waals surface area contributed by atoms with Crippen molar-refractivity contribution in [2.75, 3.05) is 26.8 Å². The molecule has 0 spiro atoms. The topological polar surface area (TPSA) is 30.5 Å². The molecule has 1 aromatic rings. The molecule has 0 aliphatic rings. The minimum Gasteiger partial charge on any atom is -0.486 e. The fraction of sp³-hybridized carbons (Fsp3) is 0.647. The minimum atomic E-state index is 0.00133. The number of methoxy groups -OCH3 is 1. The van der Waals surface area contributed by atoms with Crippen molar-refractivity contribution in [3.8, 4) is 5.75 Å². The summed E-state index contributed by atoms with van der Waals surface area (Å²) in [6.07, 6.45) is 1.11. The van der Waals surface area contributed by atoms with Crippen LogP contribution in [0.2, 0.25) is 5.02 Å². The molecule has 0 saturated heterocycles. The minimum absolute atomic E-state index is 0.00133. The maximum atomic E-state index is 6.30. The van der Waals surface area contributed by atoms with Crippen molar-refractivity contribution in [1.82, 2.24) is 5.32 Å². The fourth-order valence-electron chi connectivity index (χ4n) is 2.18. The van der Waals surface area contributed by atoms with Crippen molar-refractivity contribution >= 4 is 11.6 Å². The first-order valence-corrected chi connectivity index (χ1v) is 8.03. The molecule has 0 radical (unpaired) electrons. The summed E-state index contributed by atoms with van der Waals surface area (Å²) in [6, 6.07) is 4.04. The molecule has 1 atom stereocenters. The smallest absolute Gasteiger partial charge is 0.134 e. The van der Waals surface area contributed by atoms with Gasteiger partial charge in [-0.2, -0.15) is 0 Å². The van der Waals surface area contributed by atoms with Crippen LogP contribution in [0.4, 0.5) is 0 Å². The van der Waals surface area contributed by atoms with Crippen molar-refractivity contribution in [2.24, 2.45) is 0 Å². The quantitative estimate of drug-likeness (QED) is 0.694. The Balaban J connectivity index is 2.84. The highest BCUT2D eigenvalue weighted by atomic mass is 35.5. The molecular formula is C17H28ClNO2. The highest BCUT2D eigenvalue weighted by Crippen LogP contribution is 2.31. The molecule has 0 saturated carbocycles. The molecule has 0 fully saturated rings. The van der Waals surface area contributed by atoms with Crippen LogP contribution in [0, 0.1) is 6.92 Å². The van der Waals surface area contributed by atoms with Crippen molar-refractivity contribution in [3.05, 3.63) is 28.3 Å². The first kappa shape index (κ1) is 18.3. The van der Waals surface area contributed by atoms with Gasteiger partial charge in [0.15, 0.2) is 0 Å². The zero-order valence-electron chi connectivity index (χ0n) is 13.8. The lowest BCUT2D eigenvalue weighted by Gasteiger charge is -2.22. The standard InChI is InChI=1S/C17H28ClNO2/c1-6-7-19-10-14(11-20-5)21-17-9-15(12(2)3)16(18)8-13(17)4/h8-9,12,14,19H,6-7,10-11H2,1-5H3. The maximum absolute atomic E-state index is 6.30. The van der Waals surface area contributed by atoms with E-state index in [0.717, 1.165) is 41.4 Å². The molecule has 0 bridgehead atoms. The normalized spacial score (nSPS) is 12.7. The van der Waals surface area contributed by atoms with Gasteiger partial charge in [0.1, 0.15) is 11.9 Å². The van der Waals surface area contributed by atoms with E-state index in [4.69, 9.17) is 21.1 Å². The van der Waals surface area contributed by atoms with Crippen LogP contribution in [0.25, 0.3) is 0 Å². The third kappa shape index (κ3) is 5.85. The van der Waals surface area contributed by atoms with Gasteiger partial charge in [0.25, 0.3) is 0 Å². The molecule has 0 amide bonds. The lowest BCUT2D eigenvalue weighted by molar-refractivity contribution is 0.0802. The second-order valence-corrected chi connectivity index (χ2v) is 6.10. The van der Waals surface area contributed by atoms with Crippen molar-refractivity contribution in [2.45, 2.75) is 46.1 Å². The van der Waals surface area contributed by atoms with E-state index in [0.29, 0.717) is 12.5 Å². The van der Waals surface area contributed by atoms with Crippen LogP contribution in [0.15, 0.2) is 12.1 Å². The van der Waals surface area contributed by atoms with Gasteiger partial charge in [-0.1, -0.05) is 32.4 Å². The third-order valence-corrected chi connectivity index (χ3v) is 3.69. The SMILES string of the molecule is CCCNCC(COC)Oc1cc(C(C)C)c(Cl)cc1C. The second kappa shape index (κ2) is 9.29. The van der Waals surface area contributed by atoms with Crippen LogP contribution in [0.3, 0.4) is 0 Å². The van der Waals surface area contributed by atoms with Gasteiger partial charge in [0.2, 0.25) is 0 Å². The number of halogens is 1. The Hall–Kier alpha value is -0.770. The van der Waals surface area contributed by atoms with Gasteiger partial charge >= 0.3 is 0 Å². The van der Waals surface area contributed by atoms with Gasteiger partial charge in [-0.3, -0.25) is 0 Å². The number of ether oxygens (including phenoxy) is 2. The summed E-state index contributed by atoms with van der Waals surface area (Å²) >= 11 is 6.30.